The number of anilines is 1. The van der Waals surface area contributed by atoms with Crippen LogP contribution in [0.3, 0.4) is 0 Å². The number of nitrogens with zero attached hydrogens (tertiary/aromatic N) is 1. The SMILES string of the molecule is Nc1ccccc1S(=O)(=O)N=C=O. The third-order valence-corrected chi connectivity index (χ3v) is 2.60. The lowest BCUT2D eigenvalue weighted by Crippen LogP contribution is -2.00. The zero-order chi connectivity index (χ0) is 9.90. The van der Waals surface area contributed by atoms with E-state index in [1.165, 1.54) is 18.2 Å². The Morgan fingerprint density at radius 2 is 1.92 bits per heavy atom. The number of sulfonamides is 1. The first-order valence-electron chi connectivity index (χ1n) is 3.26. The van der Waals surface area contributed by atoms with Crippen LogP contribution in [-0.2, 0) is 14.8 Å². The van der Waals surface area contributed by atoms with Crippen molar-refractivity contribution < 1.29 is 13.2 Å². The first kappa shape index (κ1) is 9.44. The van der Waals surface area contributed by atoms with Crippen molar-refractivity contribution >= 4 is 21.8 Å². The number of carbonyl (C=O) groups excluding carboxylic acids is 1. The fraction of sp³-hybridized carbons (Fsp3) is 0. The van der Waals surface area contributed by atoms with E-state index in [1.54, 1.807) is 6.07 Å². The number of hydrogen-bond donors (Lipinski definition) is 1. The van der Waals surface area contributed by atoms with Crippen LogP contribution in [-0.4, -0.2) is 14.5 Å². The lowest BCUT2D eigenvalue weighted by atomic mass is 10.3. The molecular formula is C7H6N2O3S. The van der Waals surface area contributed by atoms with Crippen molar-refractivity contribution in [1.82, 2.24) is 0 Å². The van der Waals surface area contributed by atoms with E-state index in [9.17, 15) is 13.2 Å². The number of nitrogen functional groups attached to an aromatic ring is 1. The van der Waals surface area contributed by atoms with Crippen molar-refractivity contribution in [2.24, 2.45) is 4.40 Å². The number of isocyanates is 1. The summed E-state index contributed by atoms with van der Waals surface area (Å²) in [4.78, 5) is 9.61. The summed E-state index contributed by atoms with van der Waals surface area (Å²) in [6, 6.07) is 5.75. The van der Waals surface area contributed by atoms with Crippen LogP contribution in [0, 0.1) is 0 Å². The Hall–Kier alpha value is -1.65. The standard InChI is InChI=1S/C7H6N2O3S/c8-6-3-1-2-4-7(6)13(11,12)9-5-10/h1-4H,8H2. The molecule has 13 heavy (non-hydrogen) atoms. The molecule has 68 valence electrons. The molecule has 0 fully saturated rings. The Morgan fingerprint density at radius 1 is 1.31 bits per heavy atom. The number of benzene rings is 1. The van der Waals surface area contributed by atoms with Crippen molar-refractivity contribution in [2.45, 2.75) is 4.90 Å². The summed E-state index contributed by atoms with van der Waals surface area (Å²) in [5.74, 6) is 0. The summed E-state index contributed by atoms with van der Waals surface area (Å²) < 4.78 is 25.0. The van der Waals surface area contributed by atoms with Crippen LogP contribution in [0.1, 0.15) is 0 Å². The van der Waals surface area contributed by atoms with Gasteiger partial charge in [0.05, 0.1) is 5.69 Å². The van der Waals surface area contributed by atoms with Gasteiger partial charge in [0, 0.05) is 0 Å². The van der Waals surface area contributed by atoms with Crippen LogP contribution in [0.25, 0.3) is 0 Å². The third-order valence-electron chi connectivity index (χ3n) is 1.35. The number of rotatable bonds is 2. The number of hydrogen-bond acceptors (Lipinski definition) is 4. The monoisotopic (exact) mass is 198 g/mol. The van der Waals surface area contributed by atoms with Crippen molar-refractivity contribution in [3.05, 3.63) is 24.3 Å². The number of para-hydroxylation sites is 1. The fourth-order valence-electron chi connectivity index (χ4n) is 0.814. The van der Waals surface area contributed by atoms with Crippen LogP contribution in [0.4, 0.5) is 5.69 Å². The maximum Gasteiger partial charge on any atom is 0.294 e. The van der Waals surface area contributed by atoms with Gasteiger partial charge in [-0.15, -0.1) is 0 Å². The van der Waals surface area contributed by atoms with E-state index in [-0.39, 0.29) is 10.6 Å². The molecule has 0 unspecified atom stereocenters. The van der Waals surface area contributed by atoms with E-state index in [1.807, 2.05) is 0 Å². The predicted octanol–water partition coefficient (Wildman–Crippen LogP) is 0.293. The summed E-state index contributed by atoms with van der Waals surface area (Å²) in [5, 5.41) is 0. The van der Waals surface area contributed by atoms with E-state index >= 15 is 0 Å². The highest BCUT2D eigenvalue weighted by atomic mass is 32.2. The van der Waals surface area contributed by atoms with Crippen LogP contribution in [0.5, 0.6) is 0 Å². The van der Waals surface area contributed by atoms with Gasteiger partial charge in [-0.25, -0.2) is 4.79 Å². The normalized spacial score (nSPS) is 10.5. The molecular weight excluding hydrogens is 192 g/mol. The quantitative estimate of drug-likeness (QED) is 0.420. The van der Waals surface area contributed by atoms with Crippen LogP contribution < -0.4 is 5.73 Å². The lowest BCUT2D eigenvalue weighted by molar-refractivity contribution is 0.563. The minimum atomic E-state index is -3.96. The highest BCUT2D eigenvalue weighted by molar-refractivity contribution is 7.90. The van der Waals surface area contributed by atoms with Crippen molar-refractivity contribution in [2.75, 3.05) is 5.73 Å². The molecule has 0 spiro atoms. The van der Waals surface area contributed by atoms with E-state index in [0.717, 1.165) is 6.08 Å². The molecule has 5 nitrogen and oxygen atoms in total. The molecule has 1 aromatic rings. The molecule has 0 bridgehead atoms. The second-order valence-corrected chi connectivity index (χ2v) is 3.77. The van der Waals surface area contributed by atoms with E-state index in [2.05, 4.69) is 4.40 Å². The second kappa shape index (κ2) is 3.38. The summed E-state index contributed by atoms with van der Waals surface area (Å²) in [5.41, 5.74) is 5.42. The third kappa shape index (κ3) is 1.93. The van der Waals surface area contributed by atoms with E-state index in [4.69, 9.17) is 5.73 Å². The van der Waals surface area contributed by atoms with Gasteiger partial charge in [-0.2, -0.15) is 8.42 Å². The van der Waals surface area contributed by atoms with Gasteiger partial charge in [-0.05, 0) is 12.1 Å². The molecule has 0 aliphatic rings. The summed E-state index contributed by atoms with van der Waals surface area (Å²) in [6.07, 6.45) is 0.965. The largest absolute Gasteiger partial charge is 0.398 e. The highest BCUT2D eigenvalue weighted by Crippen LogP contribution is 2.18. The number of nitrogens with two attached hydrogens (primary N) is 1. The molecule has 0 heterocycles. The predicted molar refractivity (Wildman–Crippen MR) is 46.2 cm³/mol. The molecule has 0 saturated carbocycles. The molecule has 6 heteroatoms. The lowest BCUT2D eigenvalue weighted by Gasteiger charge is -1.99. The Kier molecular flexibility index (Phi) is 2.46. The topological polar surface area (TPSA) is 89.6 Å². The maximum atomic E-state index is 11.1. The molecule has 0 atom stereocenters. The molecule has 0 aromatic heterocycles. The summed E-state index contributed by atoms with van der Waals surface area (Å²) in [7, 11) is -3.96. The van der Waals surface area contributed by atoms with Crippen LogP contribution >= 0.6 is 0 Å². The zero-order valence-electron chi connectivity index (χ0n) is 6.47. The Morgan fingerprint density at radius 3 is 2.46 bits per heavy atom. The highest BCUT2D eigenvalue weighted by Gasteiger charge is 2.14. The summed E-state index contributed by atoms with van der Waals surface area (Å²) in [6.45, 7) is 0. The first-order chi connectivity index (χ1) is 6.08. The Balaban J connectivity index is 3.39. The Bertz CT molecular complexity index is 460. The minimum absolute atomic E-state index is 0.0569. The zero-order valence-corrected chi connectivity index (χ0v) is 7.28. The van der Waals surface area contributed by atoms with Crippen molar-refractivity contribution in [3.8, 4) is 0 Å². The first-order valence-corrected chi connectivity index (χ1v) is 4.70. The van der Waals surface area contributed by atoms with Gasteiger partial charge in [0.1, 0.15) is 4.90 Å². The molecule has 0 aliphatic heterocycles. The summed E-state index contributed by atoms with van der Waals surface area (Å²) >= 11 is 0. The molecule has 0 saturated heterocycles. The smallest absolute Gasteiger partial charge is 0.294 e. The molecule has 0 amide bonds. The van der Waals surface area contributed by atoms with Gasteiger partial charge in [-0.3, -0.25) is 0 Å². The van der Waals surface area contributed by atoms with Crippen molar-refractivity contribution in [1.29, 1.82) is 0 Å². The fourth-order valence-corrected chi connectivity index (χ4v) is 1.63. The maximum absolute atomic E-state index is 11.1. The Labute approximate surface area is 75.0 Å². The molecule has 1 rings (SSSR count). The van der Waals surface area contributed by atoms with Gasteiger partial charge < -0.3 is 5.73 Å². The van der Waals surface area contributed by atoms with Crippen molar-refractivity contribution in [3.63, 3.8) is 0 Å². The van der Waals surface area contributed by atoms with Gasteiger partial charge >= 0.3 is 0 Å². The molecule has 0 aliphatic carbocycles. The average Bonchev–Trinajstić information content (AvgIpc) is 2.04. The van der Waals surface area contributed by atoms with E-state index in [0.29, 0.717) is 0 Å². The molecule has 1 aromatic carbocycles. The van der Waals surface area contributed by atoms with E-state index < -0.39 is 10.0 Å². The van der Waals surface area contributed by atoms with Gasteiger partial charge in [-0.1, -0.05) is 16.5 Å². The average molecular weight is 198 g/mol. The van der Waals surface area contributed by atoms with Gasteiger partial charge in [0.15, 0.2) is 0 Å². The minimum Gasteiger partial charge on any atom is -0.398 e. The van der Waals surface area contributed by atoms with Crippen LogP contribution in [0.15, 0.2) is 33.6 Å². The van der Waals surface area contributed by atoms with Gasteiger partial charge in [0.25, 0.3) is 16.1 Å². The second-order valence-electron chi connectivity index (χ2n) is 2.20. The molecule has 0 radical (unpaired) electrons. The molecule has 2 N–H and O–H groups in total. The van der Waals surface area contributed by atoms with Crippen LogP contribution in [0.2, 0.25) is 0 Å². The van der Waals surface area contributed by atoms with Gasteiger partial charge in [0.2, 0.25) is 0 Å².